The number of aliphatic hydroxyl groups excluding tert-OH is 1. The molecule has 6 heterocycles. The maximum absolute atomic E-state index is 16.4. The molecule has 0 aromatic carbocycles. The Bertz CT molecular complexity index is 2090. The minimum absolute atomic E-state index is 0.00482. The average Bonchev–Trinajstić information content (AvgIpc) is 3.76. The van der Waals surface area contributed by atoms with E-state index in [1.807, 2.05) is 0 Å². The summed E-state index contributed by atoms with van der Waals surface area (Å²) >= 11 is 7.99. The van der Waals surface area contributed by atoms with E-state index in [9.17, 15) is 28.2 Å². The molecule has 0 aliphatic carbocycles. The highest BCUT2D eigenvalue weighted by molar-refractivity contribution is 8.44. The standard InChI is InChI=1S/C25H31F2N9O12P2S2/c1-28-3-4-43-25(39)34-19-16-21(31-8-29-19)36(10-33-16)23-15(27)18-13(46-23)7-45-50(41,52)48-24(17(37)12(42-2)6-44-49(40,51)47-18)35-5-11(26)14-20(35)30-9-32-22(14)38/h5,8-10,12-13,15,17-18,23-24,28,37H,3-4,6-7H2,1-2H3,(H,40,51)(H,41,52)(H,30,32,38)(H,29,31,34,39)/t12-,13-,15-,17-,18-,23-,24-,49-,50-/m1/s1. The van der Waals surface area contributed by atoms with Gasteiger partial charge in [-0.25, -0.2) is 42.6 Å². The van der Waals surface area contributed by atoms with Crippen molar-refractivity contribution in [1.82, 2.24) is 39.4 Å². The molecule has 0 bridgehead atoms. The lowest BCUT2D eigenvalue weighted by atomic mass is 10.1. The number of anilines is 1. The van der Waals surface area contributed by atoms with Crippen LogP contribution in [-0.2, 0) is 41.4 Å². The first-order valence-corrected chi connectivity index (χ1v) is 20.4. The molecule has 21 nitrogen and oxygen atoms in total. The van der Waals surface area contributed by atoms with E-state index >= 15 is 4.39 Å². The monoisotopic (exact) mass is 813 g/mol. The fourth-order valence-electron chi connectivity index (χ4n) is 5.38. The average molecular weight is 814 g/mol. The molecule has 2 fully saturated rings. The lowest BCUT2D eigenvalue weighted by Crippen LogP contribution is -2.40. The summed E-state index contributed by atoms with van der Waals surface area (Å²) in [6.07, 6.45) is -9.26. The van der Waals surface area contributed by atoms with Crippen LogP contribution in [0.3, 0.4) is 0 Å². The van der Waals surface area contributed by atoms with Crippen molar-refractivity contribution >= 4 is 72.2 Å². The second-order valence-corrected chi connectivity index (χ2v) is 16.8. The number of hydrogen-bond donors (Lipinski definition) is 6. The predicted octanol–water partition coefficient (Wildman–Crippen LogP) is 2.11. The third-order valence-electron chi connectivity index (χ3n) is 7.82. The molecule has 2 saturated heterocycles. The van der Waals surface area contributed by atoms with E-state index in [1.54, 1.807) is 7.05 Å². The minimum Gasteiger partial charge on any atom is -0.448 e. The molecule has 9 atom stereocenters. The molecule has 52 heavy (non-hydrogen) atoms. The van der Waals surface area contributed by atoms with Crippen molar-refractivity contribution in [2.24, 2.45) is 0 Å². The maximum Gasteiger partial charge on any atom is 0.412 e. The molecule has 284 valence electrons. The number of nitrogens with zero attached hydrogens (tertiary/aromatic N) is 6. The van der Waals surface area contributed by atoms with Crippen LogP contribution in [0.4, 0.5) is 19.4 Å². The third-order valence-corrected chi connectivity index (χ3v) is 11.0. The second kappa shape index (κ2) is 15.7. The number of rotatable bonds is 7. The van der Waals surface area contributed by atoms with Crippen LogP contribution >= 0.6 is 38.1 Å². The topological polar surface area (TPSA) is 254 Å². The molecule has 2 aliphatic heterocycles. The highest BCUT2D eigenvalue weighted by atomic mass is 32.7. The first-order chi connectivity index (χ1) is 24.7. The quantitative estimate of drug-likeness (QED) is 0.0888. The van der Waals surface area contributed by atoms with Gasteiger partial charge in [-0.3, -0.25) is 37.3 Å². The van der Waals surface area contributed by atoms with E-state index < -0.39 is 92.7 Å². The van der Waals surface area contributed by atoms with Crippen LogP contribution < -0.4 is 16.2 Å². The number of methoxy groups -OCH3 is 1. The van der Waals surface area contributed by atoms with Crippen molar-refractivity contribution in [2.75, 3.05) is 45.8 Å². The van der Waals surface area contributed by atoms with Crippen molar-refractivity contribution < 1.29 is 60.1 Å². The number of carbonyl (C=O) groups excluding carboxylic acids is 1. The van der Waals surface area contributed by atoms with Gasteiger partial charge in [-0.15, -0.1) is 0 Å². The van der Waals surface area contributed by atoms with Gasteiger partial charge in [0, 0.05) is 19.9 Å². The molecule has 27 heteroatoms. The summed E-state index contributed by atoms with van der Waals surface area (Å²) in [7, 11) is 2.80. The van der Waals surface area contributed by atoms with Crippen molar-refractivity contribution in [3.8, 4) is 0 Å². The van der Waals surface area contributed by atoms with Gasteiger partial charge in [0.1, 0.15) is 42.7 Å². The molecule has 4 aromatic heterocycles. The normalized spacial score (nSPS) is 31.8. The summed E-state index contributed by atoms with van der Waals surface area (Å²) in [5.74, 6) is -1.13. The largest absolute Gasteiger partial charge is 0.448 e. The Morgan fingerprint density at radius 2 is 1.87 bits per heavy atom. The fraction of sp³-hybridized carbons (Fsp3) is 0.520. The number of alkyl halides is 1. The van der Waals surface area contributed by atoms with Crippen LogP contribution in [0.2, 0.25) is 0 Å². The Labute approximate surface area is 301 Å². The van der Waals surface area contributed by atoms with Crippen LogP contribution in [-0.4, -0.2) is 116 Å². The second-order valence-electron chi connectivity index (χ2n) is 11.1. The number of fused-ring (bicyclic) bond motifs is 3. The Hall–Kier alpha value is -3.06. The van der Waals surface area contributed by atoms with E-state index in [0.717, 1.165) is 41.4 Å². The highest BCUT2D eigenvalue weighted by Crippen LogP contribution is 2.60. The van der Waals surface area contributed by atoms with Crippen LogP contribution in [0.15, 0.2) is 30.0 Å². The van der Waals surface area contributed by atoms with Crippen molar-refractivity contribution in [2.45, 2.75) is 43.0 Å². The number of nitrogens with one attached hydrogen (secondary N) is 3. The zero-order valence-corrected chi connectivity index (χ0v) is 30.4. The van der Waals surface area contributed by atoms with Gasteiger partial charge in [-0.2, -0.15) is 0 Å². The molecular weight excluding hydrogens is 782 g/mol. The number of hydrogen-bond acceptors (Lipinski definition) is 17. The zero-order valence-electron chi connectivity index (χ0n) is 26.8. The van der Waals surface area contributed by atoms with Gasteiger partial charge in [-0.05, 0) is 7.05 Å². The van der Waals surface area contributed by atoms with Gasteiger partial charge in [0.05, 0.1) is 25.9 Å². The number of thiol groups is 2. The number of likely N-dealkylation sites (N-methyl/N-ethyl adjacent to an activating group) is 1. The van der Waals surface area contributed by atoms with Gasteiger partial charge >= 0.3 is 19.7 Å². The number of aromatic nitrogens is 7. The Morgan fingerprint density at radius 1 is 1.12 bits per heavy atom. The van der Waals surface area contributed by atoms with Gasteiger partial charge in [-0.1, -0.05) is 24.5 Å². The number of amides is 1. The van der Waals surface area contributed by atoms with E-state index in [4.69, 9.17) is 32.3 Å². The molecule has 4 aromatic rings. The van der Waals surface area contributed by atoms with E-state index in [0.29, 0.717) is 6.54 Å². The molecule has 0 saturated carbocycles. The minimum atomic E-state index is -4.64. The Balaban J connectivity index is 1.31. The molecule has 6 rings (SSSR count). The lowest BCUT2D eigenvalue weighted by Gasteiger charge is -2.31. The predicted molar refractivity (Wildman–Crippen MR) is 180 cm³/mol. The Kier molecular flexibility index (Phi) is 11.7. The van der Waals surface area contributed by atoms with Crippen molar-refractivity contribution in [3.05, 3.63) is 41.3 Å². The molecule has 0 spiro atoms. The van der Waals surface area contributed by atoms with Crippen LogP contribution in [0, 0.1) is 5.82 Å². The van der Waals surface area contributed by atoms with Crippen LogP contribution in [0.1, 0.15) is 12.5 Å². The third kappa shape index (κ3) is 8.05. The van der Waals surface area contributed by atoms with Gasteiger partial charge in [0.2, 0.25) is 0 Å². The lowest BCUT2D eigenvalue weighted by molar-refractivity contribution is -0.106. The number of carbonyl (C=O) groups is 1. The summed E-state index contributed by atoms with van der Waals surface area (Å²) in [4.78, 5) is 43.0. The maximum atomic E-state index is 16.4. The smallest absolute Gasteiger partial charge is 0.412 e. The SMILES string of the molecule is CNCCOC(=O)Nc1ncnc2c1ncn2[C@@H]1O[C@@H]2CO[P@@](=O)(S)O[C@@H](n3cc(F)c4c(=O)[nH]cnc43)[C@H](O)[C@H](OC)CO[P@@](=O)(S)O[C@H]2[C@H]1F. The number of halogens is 2. The summed E-state index contributed by atoms with van der Waals surface area (Å²) in [5.41, 5.74) is -1.17. The molecular formula is C25H31F2N9O12P2S2. The first-order valence-electron chi connectivity index (χ1n) is 15.0. The van der Waals surface area contributed by atoms with Gasteiger partial charge in [0.15, 0.2) is 47.1 Å². The molecule has 2 aliphatic rings. The van der Waals surface area contributed by atoms with Crippen LogP contribution in [0.5, 0.6) is 0 Å². The zero-order chi connectivity index (χ0) is 37.4. The summed E-state index contributed by atoms with van der Waals surface area (Å²) in [6, 6.07) is 0. The van der Waals surface area contributed by atoms with E-state index in [-0.39, 0.29) is 29.2 Å². The molecule has 0 unspecified atom stereocenters. The van der Waals surface area contributed by atoms with Crippen LogP contribution in [0.25, 0.3) is 22.2 Å². The number of aliphatic hydroxyl groups is 1. The summed E-state index contributed by atoms with van der Waals surface area (Å²) in [5, 5.41) is 16.1. The number of imidazole rings is 1. The summed E-state index contributed by atoms with van der Waals surface area (Å²) < 4.78 is 98.6. The number of H-pyrrole nitrogens is 1. The molecule has 4 N–H and O–H groups in total. The van der Waals surface area contributed by atoms with Crippen molar-refractivity contribution in [1.29, 1.82) is 0 Å². The highest BCUT2D eigenvalue weighted by Gasteiger charge is 2.51. The van der Waals surface area contributed by atoms with E-state index in [2.05, 4.69) is 60.1 Å². The van der Waals surface area contributed by atoms with E-state index in [1.165, 1.54) is 0 Å². The fourth-order valence-corrected chi connectivity index (χ4v) is 8.25. The number of ether oxygens (including phenoxy) is 3. The summed E-state index contributed by atoms with van der Waals surface area (Å²) in [6.45, 7) is -10.3. The number of aromatic amines is 1. The first kappa shape index (κ1) is 38.7. The molecule has 0 radical (unpaired) electrons. The van der Waals surface area contributed by atoms with Gasteiger partial charge < -0.3 is 29.6 Å². The van der Waals surface area contributed by atoms with Gasteiger partial charge in [0.25, 0.3) is 5.56 Å². The molecule has 1 amide bonds. The van der Waals surface area contributed by atoms with Crippen molar-refractivity contribution in [3.63, 3.8) is 0 Å². The Morgan fingerprint density at radius 3 is 2.62 bits per heavy atom.